The van der Waals surface area contributed by atoms with Gasteiger partial charge in [0.1, 0.15) is 0 Å². The number of nitrogens with two attached hydrogens (primary N) is 1. The molecule has 2 heterocycles. The molecule has 0 saturated carbocycles. The van der Waals surface area contributed by atoms with E-state index in [1.807, 2.05) is 11.8 Å². The number of benzene rings is 1. The molecule has 0 radical (unpaired) electrons. The van der Waals surface area contributed by atoms with Crippen LogP contribution in [0, 0.1) is 0 Å². The zero-order valence-corrected chi connectivity index (χ0v) is 12.7. The summed E-state index contributed by atoms with van der Waals surface area (Å²) in [7, 11) is 0. The van der Waals surface area contributed by atoms with Crippen molar-refractivity contribution in [2.24, 2.45) is 10.7 Å². The average molecular weight is 326 g/mol. The molecule has 5 heteroatoms. The largest absolute Gasteiger partial charge is 0.369 e. The molecule has 0 aromatic heterocycles. The highest BCUT2D eigenvalue weighted by molar-refractivity contribution is 9.10. The summed E-state index contributed by atoms with van der Waals surface area (Å²) >= 11 is 5.49. The van der Waals surface area contributed by atoms with Crippen LogP contribution in [0.5, 0.6) is 0 Å². The second kappa shape index (κ2) is 4.46. The van der Waals surface area contributed by atoms with Gasteiger partial charge in [-0.2, -0.15) is 11.8 Å². The number of hydrogen-bond donors (Lipinski definition) is 1. The number of guanidine groups is 1. The van der Waals surface area contributed by atoms with Crippen molar-refractivity contribution in [3.8, 4) is 0 Å². The molecule has 1 aromatic carbocycles. The number of aliphatic imine (C=N–C) groups is 1. The zero-order valence-electron chi connectivity index (χ0n) is 10.3. The number of hydrogen-bond acceptors (Lipinski definition) is 4. The number of halogens is 1. The maximum atomic E-state index is 6.10. The van der Waals surface area contributed by atoms with Gasteiger partial charge in [-0.05, 0) is 30.7 Å². The number of thioether (sulfide) groups is 1. The van der Waals surface area contributed by atoms with Crippen LogP contribution in [0.15, 0.2) is 33.7 Å². The molecule has 2 unspecified atom stereocenters. The summed E-state index contributed by atoms with van der Waals surface area (Å²) in [5.41, 5.74) is 7.35. The van der Waals surface area contributed by atoms with Crippen molar-refractivity contribution in [1.29, 1.82) is 0 Å². The van der Waals surface area contributed by atoms with E-state index < -0.39 is 0 Å². The molecule has 18 heavy (non-hydrogen) atoms. The highest BCUT2D eigenvalue weighted by Crippen LogP contribution is 2.43. The first-order valence-corrected chi connectivity index (χ1v) is 7.92. The Labute approximate surface area is 120 Å². The summed E-state index contributed by atoms with van der Waals surface area (Å²) in [6, 6.07) is 8.32. The Morgan fingerprint density at radius 2 is 2.17 bits per heavy atom. The fraction of sp³-hybridized carbons (Fsp3) is 0.462. The van der Waals surface area contributed by atoms with E-state index in [2.05, 4.69) is 57.0 Å². The van der Waals surface area contributed by atoms with Crippen LogP contribution in [0.3, 0.4) is 0 Å². The lowest BCUT2D eigenvalue weighted by Crippen LogP contribution is -2.52. The topological polar surface area (TPSA) is 41.6 Å². The molecule has 2 aliphatic rings. The van der Waals surface area contributed by atoms with Crippen LogP contribution in [0.1, 0.15) is 13.3 Å². The van der Waals surface area contributed by atoms with Crippen molar-refractivity contribution in [2.45, 2.75) is 24.1 Å². The second-order valence-electron chi connectivity index (χ2n) is 5.04. The minimum absolute atomic E-state index is 0.0992. The van der Waals surface area contributed by atoms with Crippen LogP contribution in [0.4, 0.5) is 5.69 Å². The van der Waals surface area contributed by atoms with Gasteiger partial charge in [0.25, 0.3) is 0 Å². The molecular formula is C13H16BrN3S. The minimum atomic E-state index is 0.0992. The van der Waals surface area contributed by atoms with Crippen LogP contribution in [-0.2, 0) is 0 Å². The van der Waals surface area contributed by atoms with Crippen molar-refractivity contribution in [1.82, 2.24) is 0 Å². The van der Waals surface area contributed by atoms with E-state index in [0.717, 1.165) is 28.9 Å². The summed E-state index contributed by atoms with van der Waals surface area (Å²) in [6.45, 7) is 3.11. The number of nitrogens with zero attached hydrogens (tertiary/aromatic N) is 2. The van der Waals surface area contributed by atoms with Gasteiger partial charge >= 0.3 is 0 Å². The average Bonchev–Trinajstić information content (AvgIpc) is 2.86. The third-order valence-corrected chi connectivity index (χ3v) is 5.60. The summed E-state index contributed by atoms with van der Waals surface area (Å²) in [5, 5.41) is 0.684. The SMILES string of the molecule is CC1CC2(CN=C(N)N2c2ccc(Br)cc2)CS1. The molecular weight excluding hydrogens is 310 g/mol. The van der Waals surface area contributed by atoms with Crippen LogP contribution >= 0.6 is 27.7 Å². The predicted molar refractivity (Wildman–Crippen MR) is 82.4 cm³/mol. The van der Waals surface area contributed by atoms with Crippen molar-refractivity contribution in [3.05, 3.63) is 28.7 Å². The lowest BCUT2D eigenvalue weighted by atomic mass is 9.94. The molecule has 0 amide bonds. The van der Waals surface area contributed by atoms with Crippen LogP contribution < -0.4 is 10.6 Å². The molecule has 0 aliphatic carbocycles. The lowest BCUT2D eigenvalue weighted by Gasteiger charge is -2.35. The van der Waals surface area contributed by atoms with E-state index in [1.165, 1.54) is 0 Å². The summed E-state index contributed by atoms with van der Waals surface area (Å²) in [5.74, 6) is 1.76. The molecule has 2 N–H and O–H groups in total. The van der Waals surface area contributed by atoms with Gasteiger partial charge in [-0.3, -0.25) is 4.99 Å². The number of rotatable bonds is 1. The van der Waals surface area contributed by atoms with Crippen LogP contribution in [-0.4, -0.2) is 29.0 Å². The second-order valence-corrected chi connectivity index (χ2v) is 7.38. The molecule has 1 spiro atoms. The standard InChI is InChI=1S/C13H16BrN3S/c1-9-6-13(8-18-9)7-16-12(15)17(13)11-4-2-10(14)3-5-11/h2-5,9H,6-8H2,1H3,(H2,15,16). The number of anilines is 1. The monoisotopic (exact) mass is 325 g/mol. The van der Waals surface area contributed by atoms with Gasteiger partial charge in [0.2, 0.25) is 0 Å². The van der Waals surface area contributed by atoms with E-state index in [9.17, 15) is 0 Å². The van der Waals surface area contributed by atoms with Gasteiger partial charge < -0.3 is 10.6 Å². The Kier molecular flexibility index (Phi) is 3.06. The molecule has 0 bridgehead atoms. The molecule has 2 atom stereocenters. The zero-order chi connectivity index (χ0) is 12.8. The Morgan fingerprint density at radius 1 is 1.44 bits per heavy atom. The van der Waals surface area contributed by atoms with E-state index in [0.29, 0.717) is 11.2 Å². The first-order chi connectivity index (χ1) is 8.61. The van der Waals surface area contributed by atoms with Crippen molar-refractivity contribution in [2.75, 3.05) is 17.2 Å². The normalized spacial score (nSPS) is 31.1. The fourth-order valence-corrected chi connectivity index (χ4v) is 4.45. The minimum Gasteiger partial charge on any atom is -0.369 e. The lowest BCUT2D eigenvalue weighted by molar-refractivity contribution is 0.493. The Hall–Kier alpha value is -0.680. The molecule has 3 nitrogen and oxygen atoms in total. The molecule has 3 rings (SSSR count). The first kappa shape index (κ1) is 12.4. The summed E-state index contributed by atoms with van der Waals surface area (Å²) in [4.78, 5) is 6.71. The third-order valence-electron chi connectivity index (χ3n) is 3.63. The molecule has 1 aromatic rings. The van der Waals surface area contributed by atoms with Gasteiger partial charge in [-0.1, -0.05) is 22.9 Å². The first-order valence-electron chi connectivity index (χ1n) is 6.08. The van der Waals surface area contributed by atoms with Crippen molar-refractivity contribution in [3.63, 3.8) is 0 Å². The molecule has 2 aliphatic heterocycles. The molecule has 1 fully saturated rings. The van der Waals surface area contributed by atoms with Crippen LogP contribution in [0.2, 0.25) is 0 Å². The fourth-order valence-electron chi connectivity index (χ4n) is 2.83. The Balaban J connectivity index is 1.97. The van der Waals surface area contributed by atoms with Gasteiger partial charge in [0, 0.05) is 21.2 Å². The predicted octanol–water partition coefficient (Wildman–Crippen LogP) is 2.85. The Morgan fingerprint density at radius 3 is 2.78 bits per heavy atom. The van der Waals surface area contributed by atoms with Crippen molar-refractivity contribution < 1.29 is 0 Å². The maximum Gasteiger partial charge on any atom is 0.196 e. The Bertz CT molecular complexity index is 488. The van der Waals surface area contributed by atoms with E-state index >= 15 is 0 Å². The third kappa shape index (κ3) is 1.93. The van der Waals surface area contributed by atoms with Crippen molar-refractivity contribution >= 4 is 39.3 Å². The van der Waals surface area contributed by atoms with Gasteiger partial charge in [0.15, 0.2) is 5.96 Å². The maximum absolute atomic E-state index is 6.10. The van der Waals surface area contributed by atoms with E-state index in [1.54, 1.807) is 0 Å². The quantitative estimate of drug-likeness (QED) is 0.863. The van der Waals surface area contributed by atoms with E-state index in [4.69, 9.17) is 5.73 Å². The van der Waals surface area contributed by atoms with Gasteiger partial charge in [-0.15, -0.1) is 0 Å². The smallest absolute Gasteiger partial charge is 0.196 e. The summed E-state index contributed by atoms with van der Waals surface area (Å²) in [6.07, 6.45) is 1.15. The molecule has 96 valence electrons. The van der Waals surface area contributed by atoms with Gasteiger partial charge in [0.05, 0.1) is 12.1 Å². The highest BCUT2D eigenvalue weighted by atomic mass is 79.9. The highest BCUT2D eigenvalue weighted by Gasteiger charge is 2.47. The van der Waals surface area contributed by atoms with E-state index in [-0.39, 0.29) is 5.54 Å². The summed E-state index contributed by atoms with van der Waals surface area (Å²) < 4.78 is 1.09. The van der Waals surface area contributed by atoms with Gasteiger partial charge in [-0.25, -0.2) is 0 Å². The molecule has 1 saturated heterocycles. The van der Waals surface area contributed by atoms with Crippen LogP contribution in [0.25, 0.3) is 0 Å².